The Balaban J connectivity index is 1.27. The van der Waals surface area contributed by atoms with Crippen LogP contribution in [0.2, 0.25) is 0 Å². The molecule has 5 rings (SSSR count). The molecule has 156 valence electrons. The molecule has 0 amide bonds. The Hall–Kier alpha value is -2.59. The van der Waals surface area contributed by atoms with E-state index >= 15 is 0 Å². The monoisotopic (exact) mass is 401 g/mol. The van der Waals surface area contributed by atoms with Crippen LogP contribution >= 0.6 is 0 Å². The van der Waals surface area contributed by atoms with Gasteiger partial charge in [-0.2, -0.15) is 0 Å². The molecule has 0 unspecified atom stereocenters. The van der Waals surface area contributed by atoms with E-state index in [0.717, 1.165) is 41.2 Å². The maximum Gasteiger partial charge on any atom is 0.167 e. The van der Waals surface area contributed by atoms with Crippen LogP contribution in [0.5, 0.6) is 0 Å². The number of hydrogen-bond donors (Lipinski definition) is 1. The van der Waals surface area contributed by atoms with Gasteiger partial charge in [0.05, 0.1) is 0 Å². The van der Waals surface area contributed by atoms with Crippen molar-refractivity contribution in [3.8, 4) is 0 Å². The van der Waals surface area contributed by atoms with Crippen molar-refractivity contribution in [3.63, 3.8) is 0 Å². The van der Waals surface area contributed by atoms with Gasteiger partial charge in [0, 0.05) is 59.9 Å². The van der Waals surface area contributed by atoms with Gasteiger partial charge in [0.1, 0.15) is 0 Å². The van der Waals surface area contributed by atoms with E-state index in [1.165, 1.54) is 37.1 Å². The van der Waals surface area contributed by atoms with E-state index < -0.39 is 0 Å². The number of anilines is 1. The predicted molar refractivity (Wildman–Crippen MR) is 124 cm³/mol. The Bertz CT molecular complexity index is 1070. The highest BCUT2D eigenvalue weighted by molar-refractivity contribution is 6.00. The third-order valence-corrected chi connectivity index (χ3v) is 7.15. The number of Topliss-reactive ketones (excluding diaryl/α,β-unsaturated/α-hetero) is 1. The van der Waals surface area contributed by atoms with Crippen LogP contribution in [0.1, 0.15) is 47.7 Å². The summed E-state index contributed by atoms with van der Waals surface area (Å²) >= 11 is 0. The van der Waals surface area contributed by atoms with E-state index in [1.807, 2.05) is 30.5 Å². The fraction of sp³-hybridized carbons (Fsp3) is 0.423. The number of carbonyl (C=O) groups excluding carboxylic acids is 1. The molecular weight excluding hydrogens is 370 g/mol. The van der Waals surface area contributed by atoms with Crippen LogP contribution in [0.15, 0.2) is 48.7 Å². The summed E-state index contributed by atoms with van der Waals surface area (Å²) in [4.78, 5) is 21.3. The Labute approximate surface area is 178 Å². The van der Waals surface area contributed by atoms with Gasteiger partial charge < -0.3 is 9.88 Å². The van der Waals surface area contributed by atoms with Crippen molar-refractivity contribution in [2.75, 3.05) is 24.5 Å². The van der Waals surface area contributed by atoms with Gasteiger partial charge in [0.15, 0.2) is 5.78 Å². The molecule has 1 aromatic heterocycles. The molecule has 2 aliphatic heterocycles. The van der Waals surface area contributed by atoms with Gasteiger partial charge in [-0.05, 0) is 87.2 Å². The first kappa shape index (κ1) is 19.4. The number of H-pyrrole nitrogens is 1. The highest BCUT2D eigenvalue weighted by Crippen LogP contribution is 2.29. The largest absolute Gasteiger partial charge is 0.370 e. The van der Waals surface area contributed by atoms with Gasteiger partial charge in [-0.25, -0.2) is 0 Å². The predicted octanol–water partition coefficient (Wildman–Crippen LogP) is 4.96. The van der Waals surface area contributed by atoms with Crippen LogP contribution in [0, 0.1) is 6.92 Å². The minimum Gasteiger partial charge on any atom is -0.370 e. The Morgan fingerprint density at radius 2 is 2.00 bits per heavy atom. The lowest BCUT2D eigenvalue weighted by Crippen LogP contribution is -2.39. The molecule has 30 heavy (non-hydrogen) atoms. The van der Waals surface area contributed by atoms with Gasteiger partial charge in [-0.15, -0.1) is 0 Å². The molecule has 2 aliphatic rings. The van der Waals surface area contributed by atoms with Crippen LogP contribution in [-0.2, 0) is 6.42 Å². The fourth-order valence-electron chi connectivity index (χ4n) is 5.32. The summed E-state index contributed by atoms with van der Waals surface area (Å²) < 4.78 is 0. The first-order valence-corrected chi connectivity index (χ1v) is 11.3. The topological polar surface area (TPSA) is 39.3 Å². The summed E-state index contributed by atoms with van der Waals surface area (Å²) in [5.74, 6) is 0.179. The summed E-state index contributed by atoms with van der Waals surface area (Å²) in [5.41, 5.74) is 5.49. The smallest absolute Gasteiger partial charge is 0.167 e. The van der Waals surface area contributed by atoms with Crippen molar-refractivity contribution in [2.24, 2.45) is 0 Å². The molecule has 1 N–H and O–H groups in total. The number of hydrogen-bond acceptors (Lipinski definition) is 3. The second kappa shape index (κ2) is 7.92. The molecule has 4 nitrogen and oxygen atoms in total. The lowest BCUT2D eigenvalue weighted by Gasteiger charge is -2.28. The summed E-state index contributed by atoms with van der Waals surface area (Å²) in [6, 6.07) is 16.0. The molecule has 0 radical (unpaired) electrons. The van der Waals surface area contributed by atoms with Crippen LogP contribution in [0.25, 0.3) is 10.9 Å². The molecule has 2 fully saturated rings. The number of likely N-dealkylation sites (tertiary alicyclic amines) is 1. The van der Waals surface area contributed by atoms with E-state index in [0.29, 0.717) is 12.5 Å². The SMILES string of the molecule is Cc1cc(N2CC[C@H](N3CCC[C@@H]3C)C2)ccc1CC(=O)c1ccc2[nH]ccc2c1. The van der Waals surface area contributed by atoms with E-state index in [9.17, 15) is 4.79 Å². The van der Waals surface area contributed by atoms with Gasteiger partial charge in [-0.3, -0.25) is 9.69 Å². The molecule has 2 aromatic carbocycles. The number of benzene rings is 2. The summed E-state index contributed by atoms with van der Waals surface area (Å²) in [7, 11) is 0. The molecule has 3 heterocycles. The van der Waals surface area contributed by atoms with Crippen molar-refractivity contribution in [1.29, 1.82) is 0 Å². The van der Waals surface area contributed by atoms with Crippen molar-refractivity contribution < 1.29 is 4.79 Å². The number of rotatable bonds is 5. The first-order chi connectivity index (χ1) is 14.6. The molecule has 0 spiro atoms. The third-order valence-electron chi connectivity index (χ3n) is 7.15. The second-order valence-electron chi connectivity index (χ2n) is 9.11. The van der Waals surface area contributed by atoms with Gasteiger partial charge >= 0.3 is 0 Å². The van der Waals surface area contributed by atoms with Crippen LogP contribution < -0.4 is 4.90 Å². The number of aromatic amines is 1. The van der Waals surface area contributed by atoms with Crippen molar-refractivity contribution in [3.05, 3.63) is 65.4 Å². The summed E-state index contributed by atoms with van der Waals surface area (Å²) in [6.45, 7) is 8.02. The Morgan fingerprint density at radius 3 is 2.80 bits per heavy atom. The lowest BCUT2D eigenvalue weighted by atomic mass is 9.98. The fourth-order valence-corrected chi connectivity index (χ4v) is 5.32. The maximum atomic E-state index is 12.9. The number of nitrogens with zero attached hydrogens (tertiary/aromatic N) is 2. The first-order valence-electron chi connectivity index (χ1n) is 11.3. The Morgan fingerprint density at radius 1 is 1.10 bits per heavy atom. The quantitative estimate of drug-likeness (QED) is 0.614. The molecule has 2 saturated heterocycles. The molecule has 2 atom stereocenters. The number of aromatic nitrogens is 1. The number of fused-ring (bicyclic) bond motifs is 1. The number of carbonyl (C=O) groups is 1. The zero-order valence-corrected chi connectivity index (χ0v) is 18.0. The number of nitrogens with one attached hydrogen (secondary N) is 1. The van der Waals surface area contributed by atoms with E-state index in [-0.39, 0.29) is 5.78 Å². The summed E-state index contributed by atoms with van der Waals surface area (Å²) in [5, 5.41) is 1.09. The van der Waals surface area contributed by atoms with Crippen LogP contribution in [0.3, 0.4) is 0 Å². The zero-order valence-electron chi connectivity index (χ0n) is 18.0. The molecule has 0 aliphatic carbocycles. The molecular formula is C26H31N3O. The molecule has 4 heteroatoms. The van der Waals surface area contributed by atoms with Gasteiger partial charge in [0.2, 0.25) is 0 Å². The minimum absolute atomic E-state index is 0.179. The van der Waals surface area contributed by atoms with Gasteiger partial charge in [-0.1, -0.05) is 6.07 Å². The second-order valence-corrected chi connectivity index (χ2v) is 9.11. The molecule has 0 bridgehead atoms. The van der Waals surface area contributed by atoms with Crippen LogP contribution in [-0.4, -0.2) is 47.4 Å². The average Bonchev–Trinajstić information content (AvgIpc) is 3.48. The maximum absolute atomic E-state index is 12.9. The average molecular weight is 402 g/mol. The zero-order chi connectivity index (χ0) is 20.7. The highest BCUT2D eigenvalue weighted by atomic mass is 16.1. The van der Waals surface area contributed by atoms with E-state index in [2.05, 4.69) is 46.8 Å². The van der Waals surface area contributed by atoms with E-state index in [1.54, 1.807) is 0 Å². The highest BCUT2D eigenvalue weighted by Gasteiger charge is 2.33. The van der Waals surface area contributed by atoms with Crippen LogP contribution in [0.4, 0.5) is 5.69 Å². The minimum atomic E-state index is 0.179. The third kappa shape index (κ3) is 3.65. The van der Waals surface area contributed by atoms with Crippen molar-refractivity contribution in [2.45, 2.75) is 51.6 Å². The van der Waals surface area contributed by atoms with E-state index in [4.69, 9.17) is 0 Å². The van der Waals surface area contributed by atoms with Crippen molar-refractivity contribution in [1.82, 2.24) is 9.88 Å². The summed E-state index contributed by atoms with van der Waals surface area (Å²) in [6.07, 6.45) is 6.31. The lowest BCUT2D eigenvalue weighted by molar-refractivity contribution is 0.0993. The normalized spacial score (nSPS) is 22.3. The van der Waals surface area contributed by atoms with Gasteiger partial charge in [0.25, 0.3) is 0 Å². The number of ketones is 1. The standard InChI is InChI=1S/C26H31N3O/c1-18-14-23(28-13-10-24(17-28)29-12-3-4-19(29)2)7-5-20(18)16-26(30)22-6-8-25-21(15-22)9-11-27-25/h5-9,11,14-15,19,24,27H,3-4,10,12-13,16-17H2,1-2H3/t19-,24-/m0/s1. The Kier molecular flexibility index (Phi) is 5.11. The van der Waals surface area contributed by atoms with Crippen molar-refractivity contribution >= 4 is 22.4 Å². The number of aryl methyl sites for hydroxylation is 1. The molecule has 0 saturated carbocycles. The molecule has 3 aromatic rings.